The number of hydrogen-bond acceptors (Lipinski definition) is 7. The SMILES string of the molecule is O=C(COc1ccc(C=NNc2nc3ccccc3s2)cc1)N1CCOCC1. The molecule has 0 radical (unpaired) electrons. The molecule has 1 aliphatic heterocycles. The Labute approximate surface area is 166 Å². The third kappa shape index (κ3) is 4.65. The number of fused-ring (bicyclic) bond motifs is 1. The fourth-order valence-electron chi connectivity index (χ4n) is 2.78. The molecule has 2 heterocycles. The Kier molecular flexibility index (Phi) is 5.79. The second-order valence-corrected chi connectivity index (χ2v) is 7.24. The number of benzene rings is 2. The van der Waals surface area contributed by atoms with Crippen LogP contribution in [0.5, 0.6) is 5.75 Å². The number of rotatable bonds is 6. The molecule has 8 heteroatoms. The molecular weight excluding hydrogens is 376 g/mol. The van der Waals surface area contributed by atoms with Gasteiger partial charge in [0.05, 0.1) is 29.6 Å². The molecule has 0 unspecified atom stereocenters. The summed E-state index contributed by atoms with van der Waals surface area (Å²) in [6.45, 7) is 2.46. The molecule has 0 bridgehead atoms. The summed E-state index contributed by atoms with van der Waals surface area (Å²) < 4.78 is 11.9. The topological polar surface area (TPSA) is 76.0 Å². The first kappa shape index (κ1) is 18.4. The molecule has 1 amide bonds. The average Bonchev–Trinajstić information content (AvgIpc) is 3.16. The number of carbonyl (C=O) groups excluding carboxylic acids is 1. The van der Waals surface area contributed by atoms with Gasteiger partial charge in [0.2, 0.25) is 5.13 Å². The average molecular weight is 396 g/mol. The Balaban J connectivity index is 1.27. The predicted molar refractivity (Wildman–Crippen MR) is 110 cm³/mol. The first-order valence-electron chi connectivity index (χ1n) is 9.01. The Morgan fingerprint density at radius 2 is 2.00 bits per heavy atom. The number of hydrazone groups is 1. The summed E-state index contributed by atoms with van der Waals surface area (Å²) in [6, 6.07) is 15.4. The van der Waals surface area contributed by atoms with Gasteiger partial charge in [-0.1, -0.05) is 23.5 Å². The number of ether oxygens (including phenoxy) is 2. The second-order valence-electron chi connectivity index (χ2n) is 6.21. The van der Waals surface area contributed by atoms with Crippen molar-refractivity contribution < 1.29 is 14.3 Å². The van der Waals surface area contributed by atoms with E-state index in [1.165, 1.54) is 0 Å². The van der Waals surface area contributed by atoms with Crippen LogP contribution < -0.4 is 10.2 Å². The molecule has 7 nitrogen and oxygen atoms in total. The lowest BCUT2D eigenvalue weighted by Crippen LogP contribution is -2.42. The van der Waals surface area contributed by atoms with Gasteiger partial charge in [0.15, 0.2) is 6.61 Å². The van der Waals surface area contributed by atoms with Gasteiger partial charge in [0.1, 0.15) is 5.75 Å². The first-order valence-corrected chi connectivity index (χ1v) is 9.83. The van der Waals surface area contributed by atoms with E-state index in [9.17, 15) is 4.79 Å². The maximum absolute atomic E-state index is 12.1. The Morgan fingerprint density at radius 3 is 2.79 bits per heavy atom. The molecule has 2 aromatic carbocycles. The molecule has 1 aliphatic rings. The van der Waals surface area contributed by atoms with Crippen molar-refractivity contribution in [1.82, 2.24) is 9.88 Å². The van der Waals surface area contributed by atoms with E-state index in [1.807, 2.05) is 48.5 Å². The van der Waals surface area contributed by atoms with Crippen molar-refractivity contribution in [2.24, 2.45) is 5.10 Å². The maximum Gasteiger partial charge on any atom is 0.260 e. The monoisotopic (exact) mass is 396 g/mol. The van der Waals surface area contributed by atoms with Crippen LogP contribution in [0.1, 0.15) is 5.56 Å². The van der Waals surface area contributed by atoms with Crippen LogP contribution >= 0.6 is 11.3 Å². The number of carbonyl (C=O) groups is 1. The largest absolute Gasteiger partial charge is 0.484 e. The number of anilines is 1. The van der Waals surface area contributed by atoms with E-state index in [0.29, 0.717) is 32.1 Å². The van der Waals surface area contributed by atoms with Crippen LogP contribution in [0.4, 0.5) is 5.13 Å². The fraction of sp³-hybridized carbons (Fsp3) is 0.250. The van der Waals surface area contributed by atoms with Crippen LogP contribution in [-0.4, -0.2) is 54.9 Å². The quantitative estimate of drug-likeness (QED) is 0.512. The van der Waals surface area contributed by atoms with E-state index in [4.69, 9.17) is 9.47 Å². The van der Waals surface area contributed by atoms with Gasteiger partial charge in [-0.15, -0.1) is 0 Å². The minimum absolute atomic E-state index is 0.0195. The summed E-state index contributed by atoms with van der Waals surface area (Å²) >= 11 is 1.56. The van der Waals surface area contributed by atoms with Gasteiger partial charge in [-0.2, -0.15) is 5.10 Å². The van der Waals surface area contributed by atoms with Gasteiger partial charge in [0.25, 0.3) is 5.91 Å². The smallest absolute Gasteiger partial charge is 0.260 e. The van der Waals surface area contributed by atoms with E-state index in [2.05, 4.69) is 15.5 Å². The number of thiazole rings is 1. The Bertz CT molecular complexity index is 932. The van der Waals surface area contributed by atoms with Gasteiger partial charge >= 0.3 is 0 Å². The molecule has 1 fully saturated rings. The summed E-state index contributed by atoms with van der Waals surface area (Å²) in [5, 5.41) is 4.98. The molecule has 0 spiro atoms. The zero-order valence-corrected chi connectivity index (χ0v) is 16.0. The van der Waals surface area contributed by atoms with E-state index in [0.717, 1.165) is 20.9 Å². The van der Waals surface area contributed by atoms with Gasteiger partial charge < -0.3 is 14.4 Å². The fourth-order valence-corrected chi connectivity index (χ4v) is 3.60. The van der Waals surface area contributed by atoms with Crippen molar-refractivity contribution in [3.63, 3.8) is 0 Å². The van der Waals surface area contributed by atoms with Crippen molar-refractivity contribution >= 4 is 38.8 Å². The Morgan fingerprint density at radius 1 is 1.21 bits per heavy atom. The van der Waals surface area contributed by atoms with Crippen LogP contribution in [0.3, 0.4) is 0 Å². The van der Waals surface area contributed by atoms with E-state index in [1.54, 1.807) is 22.5 Å². The highest BCUT2D eigenvalue weighted by Gasteiger charge is 2.16. The zero-order chi connectivity index (χ0) is 19.2. The summed E-state index contributed by atoms with van der Waals surface area (Å²) in [4.78, 5) is 18.3. The molecule has 4 rings (SSSR count). The number of nitrogens with one attached hydrogen (secondary N) is 1. The van der Waals surface area contributed by atoms with Crippen LogP contribution in [-0.2, 0) is 9.53 Å². The molecule has 1 saturated heterocycles. The van der Waals surface area contributed by atoms with E-state index < -0.39 is 0 Å². The van der Waals surface area contributed by atoms with Crippen LogP contribution in [0, 0.1) is 0 Å². The molecule has 3 aromatic rings. The highest BCUT2D eigenvalue weighted by atomic mass is 32.1. The lowest BCUT2D eigenvalue weighted by atomic mass is 10.2. The standard InChI is InChI=1S/C20H20N4O3S/c25-19(24-9-11-26-12-10-24)14-27-16-7-5-15(6-8-16)13-21-23-20-22-17-3-1-2-4-18(17)28-20/h1-8,13H,9-12,14H2,(H,22,23). The first-order chi connectivity index (χ1) is 13.8. The van der Waals surface area contributed by atoms with Crippen molar-refractivity contribution in [2.75, 3.05) is 38.3 Å². The summed E-state index contributed by atoms with van der Waals surface area (Å²) in [7, 11) is 0. The number of nitrogens with zero attached hydrogens (tertiary/aromatic N) is 3. The highest BCUT2D eigenvalue weighted by molar-refractivity contribution is 7.22. The minimum atomic E-state index is -0.0195. The van der Waals surface area contributed by atoms with Crippen molar-refractivity contribution in [1.29, 1.82) is 0 Å². The Hall–Kier alpha value is -2.97. The molecule has 1 N–H and O–H groups in total. The second kappa shape index (κ2) is 8.81. The van der Waals surface area contributed by atoms with Crippen molar-refractivity contribution in [2.45, 2.75) is 0 Å². The maximum atomic E-state index is 12.1. The zero-order valence-electron chi connectivity index (χ0n) is 15.2. The summed E-state index contributed by atoms with van der Waals surface area (Å²) in [6.07, 6.45) is 1.72. The van der Waals surface area contributed by atoms with Crippen molar-refractivity contribution in [3.05, 3.63) is 54.1 Å². The number of morpholine rings is 1. The number of amides is 1. The lowest BCUT2D eigenvalue weighted by Gasteiger charge is -2.26. The third-order valence-corrected chi connectivity index (χ3v) is 5.21. The third-order valence-electron chi connectivity index (χ3n) is 4.27. The lowest BCUT2D eigenvalue weighted by molar-refractivity contribution is -0.137. The van der Waals surface area contributed by atoms with Crippen LogP contribution in [0.25, 0.3) is 10.2 Å². The number of hydrogen-bond donors (Lipinski definition) is 1. The molecule has 0 atom stereocenters. The highest BCUT2D eigenvalue weighted by Crippen LogP contribution is 2.25. The van der Waals surface area contributed by atoms with Gasteiger partial charge in [0, 0.05) is 13.1 Å². The van der Waals surface area contributed by atoms with E-state index in [-0.39, 0.29) is 12.5 Å². The van der Waals surface area contributed by atoms with Gasteiger partial charge in [-0.05, 0) is 42.0 Å². The van der Waals surface area contributed by atoms with Crippen molar-refractivity contribution in [3.8, 4) is 5.75 Å². The van der Waals surface area contributed by atoms with E-state index >= 15 is 0 Å². The minimum Gasteiger partial charge on any atom is -0.484 e. The molecule has 1 aromatic heterocycles. The van der Waals surface area contributed by atoms with Crippen LogP contribution in [0.2, 0.25) is 0 Å². The normalized spacial score (nSPS) is 14.5. The summed E-state index contributed by atoms with van der Waals surface area (Å²) in [5.41, 5.74) is 4.83. The number of para-hydroxylation sites is 1. The predicted octanol–water partition coefficient (Wildman–Crippen LogP) is 2.98. The van der Waals surface area contributed by atoms with Crippen LogP contribution in [0.15, 0.2) is 53.6 Å². The molecule has 0 saturated carbocycles. The molecule has 0 aliphatic carbocycles. The van der Waals surface area contributed by atoms with Gasteiger partial charge in [-0.3, -0.25) is 10.2 Å². The molecule has 144 valence electrons. The number of aromatic nitrogens is 1. The molecular formula is C20H20N4O3S. The summed E-state index contributed by atoms with van der Waals surface area (Å²) in [5.74, 6) is 0.631. The van der Waals surface area contributed by atoms with Gasteiger partial charge in [-0.25, -0.2) is 4.98 Å². The molecule has 28 heavy (non-hydrogen) atoms.